The number of aromatic nitrogens is 1. The summed E-state index contributed by atoms with van der Waals surface area (Å²) in [5.41, 5.74) is 1.80. The number of carbonyl (C=O) groups is 3. The van der Waals surface area contributed by atoms with Crippen LogP contribution in [0.15, 0.2) is 82.0 Å². The van der Waals surface area contributed by atoms with Crippen LogP contribution >= 0.6 is 34.5 Å². The molecule has 0 aliphatic carbocycles. The van der Waals surface area contributed by atoms with Gasteiger partial charge < -0.3 is 0 Å². The van der Waals surface area contributed by atoms with Gasteiger partial charge in [0.25, 0.3) is 5.91 Å². The van der Waals surface area contributed by atoms with Crippen LogP contribution in [0.5, 0.6) is 0 Å². The summed E-state index contributed by atoms with van der Waals surface area (Å²) < 4.78 is 26.5. The van der Waals surface area contributed by atoms with Crippen molar-refractivity contribution in [3.63, 3.8) is 0 Å². The zero-order chi connectivity index (χ0) is 29.6. The van der Waals surface area contributed by atoms with Gasteiger partial charge in [-0.1, -0.05) is 70.4 Å². The summed E-state index contributed by atoms with van der Waals surface area (Å²) in [4.78, 5) is 45.7. The number of amides is 1. The molecule has 0 bridgehead atoms. The molecule has 9 nitrogen and oxygen atoms in total. The molecule has 2 unspecified atom stereocenters. The van der Waals surface area contributed by atoms with E-state index in [0.29, 0.717) is 22.0 Å². The van der Waals surface area contributed by atoms with Crippen LogP contribution in [0, 0.1) is 12.8 Å². The maximum absolute atomic E-state index is 13.7. The first kappa shape index (κ1) is 28.9. The Morgan fingerprint density at radius 3 is 2.29 bits per heavy atom. The number of hydrogen-bond acceptors (Lipinski definition) is 9. The van der Waals surface area contributed by atoms with E-state index in [-0.39, 0.29) is 30.4 Å². The van der Waals surface area contributed by atoms with Gasteiger partial charge in [0, 0.05) is 22.7 Å². The van der Waals surface area contributed by atoms with Crippen molar-refractivity contribution in [2.75, 3.05) is 17.0 Å². The SMILES string of the molecule is Cc1ccc(C(=O)C2C(=O)C(=O)N(c3ncc(S(=O)(=O)c4ccc(N(C)O)cc4)s3)C2c2ccc(Cl)cc2Cl)cc1. The molecule has 0 radical (unpaired) electrons. The van der Waals surface area contributed by atoms with E-state index in [0.717, 1.165) is 21.7 Å². The monoisotopic (exact) mass is 629 g/mol. The molecule has 210 valence electrons. The fourth-order valence-electron chi connectivity index (χ4n) is 4.54. The van der Waals surface area contributed by atoms with Gasteiger partial charge in [-0.25, -0.2) is 13.4 Å². The van der Waals surface area contributed by atoms with Gasteiger partial charge in [0.2, 0.25) is 15.6 Å². The number of anilines is 2. The Kier molecular flexibility index (Phi) is 7.75. The third-order valence-corrected chi connectivity index (χ3v) is 10.5. The van der Waals surface area contributed by atoms with Crippen molar-refractivity contribution < 1.29 is 28.0 Å². The van der Waals surface area contributed by atoms with Gasteiger partial charge in [0.15, 0.2) is 10.9 Å². The zero-order valence-electron chi connectivity index (χ0n) is 21.5. The first-order valence-corrected chi connectivity index (χ1v) is 15.1. The molecule has 1 aliphatic rings. The molecule has 1 fully saturated rings. The van der Waals surface area contributed by atoms with E-state index in [1.54, 1.807) is 24.3 Å². The Morgan fingerprint density at radius 2 is 1.68 bits per heavy atom. The molecule has 1 N–H and O–H groups in total. The lowest BCUT2D eigenvalue weighted by Crippen LogP contribution is -2.30. The number of halogens is 2. The first-order valence-electron chi connectivity index (χ1n) is 12.1. The van der Waals surface area contributed by atoms with Crippen molar-refractivity contribution in [2.24, 2.45) is 5.92 Å². The molecule has 3 aromatic carbocycles. The predicted molar refractivity (Wildman–Crippen MR) is 155 cm³/mol. The number of carbonyl (C=O) groups excluding carboxylic acids is 3. The summed E-state index contributed by atoms with van der Waals surface area (Å²) in [6, 6.07) is 15.4. The fourth-order valence-corrected chi connectivity index (χ4v) is 7.61. The Hall–Kier alpha value is -3.61. The van der Waals surface area contributed by atoms with Crippen molar-refractivity contribution in [1.82, 2.24) is 4.98 Å². The molecule has 13 heteroatoms. The zero-order valence-corrected chi connectivity index (χ0v) is 24.6. The van der Waals surface area contributed by atoms with E-state index in [9.17, 15) is 28.0 Å². The van der Waals surface area contributed by atoms with E-state index in [2.05, 4.69) is 4.98 Å². The summed E-state index contributed by atoms with van der Waals surface area (Å²) in [6.45, 7) is 1.85. The summed E-state index contributed by atoms with van der Waals surface area (Å²) in [5, 5.41) is 10.8. The highest BCUT2D eigenvalue weighted by atomic mass is 35.5. The van der Waals surface area contributed by atoms with Crippen molar-refractivity contribution in [3.05, 3.63) is 99.7 Å². The van der Waals surface area contributed by atoms with Gasteiger partial charge in [0.1, 0.15) is 10.1 Å². The highest BCUT2D eigenvalue weighted by Crippen LogP contribution is 2.45. The Morgan fingerprint density at radius 1 is 1.02 bits per heavy atom. The Balaban J connectivity index is 1.59. The van der Waals surface area contributed by atoms with E-state index >= 15 is 0 Å². The molecule has 1 aromatic heterocycles. The molecule has 1 saturated heterocycles. The van der Waals surface area contributed by atoms with Gasteiger partial charge in [0.05, 0.1) is 22.8 Å². The molecular formula is C28H21Cl2N3O6S2. The number of ketones is 2. The molecule has 1 aliphatic heterocycles. The fraction of sp³-hybridized carbons (Fsp3) is 0.143. The normalized spacial score (nSPS) is 17.2. The smallest absolute Gasteiger partial charge is 0.293 e. The lowest BCUT2D eigenvalue weighted by Gasteiger charge is -2.26. The number of hydroxylamine groups is 1. The number of nitrogens with zero attached hydrogens (tertiary/aromatic N) is 3. The van der Waals surface area contributed by atoms with E-state index < -0.39 is 39.3 Å². The summed E-state index contributed by atoms with van der Waals surface area (Å²) in [6.07, 6.45) is 1.09. The number of hydrogen-bond donors (Lipinski definition) is 1. The van der Waals surface area contributed by atoms with Crippen LogP contribution in [-0.4, -0.2) is 43.1 Å². The number of rotatable bonds is 7. The van der Waals surface area contributed by atoms with Gasteiger partial charge in [-0.3, -0.25) is 29.6 Å². The molecule has 0 saturated carbocycles. The predicted octanol–water partition coefficient (Wildman–Crippen LogP) is 5.57. The van der Waals surface area contributed by atoms with Crippen LogP contribution in [0.4, 0.5) is 10.8 Å². The maximum atomic E-state index is 13.7. The lowest BCUT2D eigenvalue weighted by molar-refractivity contribution is -0.135. The maximum Gasteiger partial charge on any atom is 0.297 e. The lowest BCUT2D eigenvalue weighted by atomic mass is 9.86. The van der Waals surface area contributed by atoms with Gasteiger partial charge in [-0.15, -0.1) is 0 Å². The third kappa shape index (κ3) is 5.27. The number of sulfone groups is 1. The Bertz CT molecular complexity index is 1790. The molecule has 2 atom stereocenters. The van der Waals surface area contributed by atoms with Crippen molar-refractivity contribution in [3.8, 4) is 0 Å². The van der Waals surface area contributed by atoms with Crippen molar-refractivity contribution in [2.45, 2.75) is 22.1 Å². The number of Topliss-reactive ketones (excluding diaryl/α,β-unsaturated/α-hetero) is 2. The average Bonchev–Trinajstić information content (AvgIpc) is 3.52. The largest absolute Gasteiger partial charge is 0.297 e. The standard InChI is InChI=1S/C28H21Cl2N3O6S2/c1-15-3-5-16(6-4-15)25(34)23-24(20-12-7-17(29)13-21(20)30)33(27(36)26(23)35)28-31-14-22(40-28)41(38,39)19-10-8-18(9-11-19)32(2)37/h3-14,23-24,37H,1-2H3. The van der Waals surface area contributed by atoms with E-state index in [1.165, 1.54) is 49.5 Å². The van der Waals surface area contributed by atoms with Gasteiger partial charge >= 0.3 is 0 Å². The van der Waals surface area contributed by atoms with Crippen LogP contribution in [0.1, 0.15) is 27.5 Å². The Labute approximate surface area is 249 Å². The molecule has 5 rings (SSSR count). The molecule has 4 aromatic rings. The molecule has 2 heterocycles. The number of benzene rings is 3. The second-order valence-corrected chi connectivity index (χ2v) is 13.4. The van der Waals surface area contributed by atoms with Gasteiger partial charge in [-0.05, 0) is 48.9 Å². The quantitative estimate of drug-likeness (QED) is 0.122. The van der Waals surface area contributed by atoms with Crippen LogP contribution in [0.3, 0.4) is 0 Å². The van der Waals surface area contributed by atoms with Crippen LogP contribution in [-0.2, 0) is 19.4 Å². The number of aryl methyl sites for hydroxylation is 1. The van der Waals surface area contributed by atoms with Crippen LogP contribution in [0.2, 0.25) is 10.0 Å². The van der Waals surface area contributed by atoms with Crippen LogP contribution in [0.25, 0.3) is 0 Å². The van der Waals surface area contributed by atoms with Crippen molar-refractivity contribution in [1.29, 1.82) is 0 Å². The van der Waals surface area contributed by atoms with E-state index in [4.69, 9.17) is 23.2 Å². The first-order chi connectivity index (χ1) is 19.4. The summed E-state index contributed by atoms with van der Waals surface area (Å²) in [5.74, 6) is -4.02. The molecule has 41 heavy (non-hydrogen) atoms. The van der Waals surface area contributed by atoms with Gasteiger partial charge in [-0.2, -0.15) is 0 Å². The minimum Gasteiger partial charge on any atom is -0.293 e. The highest BCUT2D eigenvalue weighted by Gasteiger charge is 2.54. The minimum absolute atomic E-state index is 0.0631. The highest BCUT2D eigenvalue weighted by molar-refractivity contribution is 7.93. The van der Waals surface area contributed by atoms with Crippen LogP contribution < -0.4 is 9.96 Å². The molecule has 0 spiro atoms. The van der Waals surface area contributed by atoms with E-state index in [1.807, 2.05) is 6.92 Å². The summed E-state index contributed by atoms with van der Waals surface area (Å²) >= 11 is 13.3. The molecular weight excluding hydrogens is 609 g/mol. The second-order valence-electron chi connectivity index (χ2n) is 9.34. The molecule has 1 amide bonds. The average molecular weight is 631 g/mol. The minimum atomic E-state index is -4.07. The number of thiazole rings is 1. The van der Waals surface area contributed by atoms with Crippen molar-refractivity contribution >= 4 is 72.7 Å². The topological polar surface area (TPSA) is 125 Å². The summed E-state index contributed by atoms with van der Waals surface area (Å²) in [7, 11) is -2.68. The third-order valence-electron chi connectivity index (χ3n) is 6.67. The second kappa shape index (κ2) is 11.0.